The molecule has 0 radical (unpaired) electrons. The molecule has 2 atom stereocenters. The summed E-state index contributed by atoms with van der Waals surface area (Å²) in [5.41, 5.74) is 1.43. The minimum Gasteiger partial charge on any atom is -0.497 e. The Labute approximate surface area is 226 Å². The summed E-state index contributed by atoms with van der Waals surface area (Å²) < 4.78 is 11.0. The first-order valence-corrected chi connectivity index (χ1v) is 14.1. The molecular weight excluding hydrogens is 480 g/mol. The fourth-order valence-corrected chi connectivity index (χ4v) is 5.11. The molecule has 38 heavy (non-hydrogen) atoms. The molecule has 7 nitrogen and oxygen atoms in total. The second-order valence-electron chi connectivity index (χ2n) is 10.7. The molecule has 1 heterocycles. The van der Waals surface area contributed by atoms with Crippen LogP contribution in [0, 0.1) is 5.92 Å². The van der Waals surface area contributed by atoms with E-state index in [1.165, 1.54) is 19.3 Å². The lowest BCUT2D eigenvalue weighted by molar-refractivity contribution is -0.123. The van der Waals surface area contributed by atoms with Crippen LogP contribution >= 0.6 is 0 Å². The number of ketones is 1. The maximum atomic E-state index is 12.8. The molecule has 1 amide bonds. The predicted molar refractivity (Wildman–Crippen MR) is 148 cm³/mol. The van der Waals surface area contributed by atoms with Crippen molar-refractivity contribution in [3.05, 3.63) is 59.7 Å². The van der Waals surface area contributed by atoms with Crippen LogP contribution in [0.4, 0.5) is 0 Å². The van der Waals surface area contributed by atoms with Crippen molar-refractivity contribution in [3.63, 3.8) is 0 Å². The van der Waals surface area contributed by atoms with E-state index >= 15 is 0 Å². The Kier molecular flexibility index (Phi) is 10.6. The van der Waals surface area contributed by atoms with Gasteiger partial charge in [0.05, 0.1) is 19.8 Å². The number of hydrogen-bond acceptors (Lipinski definition) is 6. The molecule has 7 heteroatoms. The summed E-state index contributed by atoms with van der Waals surface area (Å²) in [6.07, 6.45) is 7.25. The van der Waals surface area contributed by atoms with Gasteiger partial charge in [-0.1, -0.05) is 18.6 Å². The van der Waals surface area contributed by atoms with E-state index in [4.69, 9.17) is 9.47 Å². The summed E-state index contributed by atoms with van der Waals surface area (Å²) in [5, 5.41) is 14.3. The molecule has 2 N–H and O–H groups in total. The highest BCUT2D eigenvalue weighted by Gasteiger charge is 2.27. The molecule has 1 aliphatic carbocycles. The Balaban J connectivity index is 1.25. The highest BCUT2D eigenvalue weighted by Crippen LogP contribution is 2.28. The summed E-state index contributed by atoms with van der Waals surface area (Å²) in [7, 11) is 1.60. The van der Waals surface area contributed by atoms with Gasteiger partial charge in [-0.05, 0) is 99.5 Å². The third-order valence-electron chi connectivity index (χ3n) is 7.78. The summed E-state index contributed by atoms with van der Waals surface area (Å²) >= 11 is 0. The summed E-state index contributed by atoms with van der Waals surface area (Å²) in [5.74, 6) is 2.18. The second kappa shape index (κ2) is 14.3. The van der Waals surface area contributed by atoms with E-state index in [9.17, 15) is 14.7 Å². The SMILES string of the molecule is COc1ccc(C(=O)CCCCC(=O)N[C@H](CN2CCCC2)[C@H](O)c2ccc(OCC3CCC3)cc2)cc1. The Morgan fingerprint density at radius 2 is 1.61 bits per heavy atom. The number of carbonyl (C=O) groups is 2. The first-order chi connectivity index (χ1) is 18.5. The first kappa shape index (κ1) is 28.1. The number of aliphatic hydroxyl groups is 1. The van der Waals surface area contributed by atoms with E-state index in [-0.39, 0.29) is 11.7 Å². The zero-order chi connectivity index (χ0) is 26.7. The Hall–Kier alpha value is -2.90. The average Bonchev–Trinajstić information content (AvgIpc) is 3.43. The van der Waals surface area contributed by atoms with Crippen molar-refractivity contribution in [2.45, 2.75) is 69.9 Å². The number of carbonyl (C=O) groups excluding carboxylic acids is 2. The van der Waals surface area contributed by atoms with Gasteiger partial charge in [-0.25, -0.2) is 0 Å². The van der Waals surface area contributed by atoms with Gasteiger partial charge in [-0.3, -0.25) is 9.59 Å². The van der Waals surface area contributed by atoms with Crippen molar-refractivity contribution in [3.8, 4) is 11.5 Å². The number of amides is 1. The van der Waals surface area contributed by atoms with Crippen molar-refractivity contribution in [2.75, 3.05) is 33.4 Å². The Morgan fingerprint density at radius 3 is 2.24 bits per heavy atom. The number of nitrogens with one attached hydrogen (secondary N) is 1. The molecule has 2 fully saturated rings. The minimum atomic E-state index is -0.808. The van der Waals surface area contributed by atoms with Crippen molar-refractivity contribution >= 4 is 11.7 Å². The molecule has 0 aromatic heterocycles. The molecular formula is C31H42N2O5. The van der Waals surface area contributed by atoms with E-state index in [1.54, 1.807) is 31.4 Å². The fourth-order valence-electron chi connectivity index (χ4n) is 5.11. The zero-order valence-electron chi connectivity index (χ0n) is 22.6. The lowest BCUT2D eigenvalue weighted by Gasteiger charge is -2.29. The molecule has 1 saturated carbocycles. The van der Waals surface area contributed by atoms with Gasteiger partial charge < -0.3 is 24.8 Å². The number of methoxy groups -OCH3 is 1. The van der Waals surface area contributed by atoms with Crippen LogP contribution in [0.25, 0.3) is 0 Å². The highest BCUT2D eigenvalue weighted by molar-refractivity contribution is 5.96. The predicted octanol–water partition coefficient (Wildman–Crippen LogP) is 4.93. The van der Waals surface area contributed by atoms with Crippen molar-refractivity contribution in [1.29, 1.82) is 0 Å². The Morgan fingerprint density at radius 1 is 0.947 bits per heavy atom. The minimum absolute atomic E-state index is 0.0653. The van der Waals surface area contributed by atoms with Crippen LogP contribution in [-0.2, 0) is 4.79 Å². The monoisotopic (exact) mass is 522 g/mol. The molecule has 1 aliphatic heterocycles. The lowest BCUT2D eigenvalue weighted by atomic mass is 9.86. The van der Waals surface area contributed by atoms with Crippen LogP contribution in [0.5, 0.6) is 11.5 Å². The molecule has 2 aliphatic rings. The van der Waals surface area contributed by atoms with Crippen LogP contribution in [0.1, 0.15) is 79.8 Å². The van der Waals surface area contributed by atoms with Crippen LogP contribution in [-0.4, -0.2) is 61.1 Å². The zero-order valence-corrected chi connectivity index (χ0v) is 22.6. The van der Waals surface area contributed by atoms with Gasteiger partial charge >= 0.3 is 0 Å². The number of hydrogen-bond donors (Lipinski definition) is 2. The molecule has 0 unspecified atom stereocenters. The van der Waals surface area contributed by atoms with Crippen molar-refractivity contribution < 1.29 is 24.2 Å². The average molecular weight is 523 g/mol. The second-order valence-corrected chi connectivity index (χ2v) is 10.7. The summed E-state index contributed by atoms with van der Waals surface area (Å²) in [4.78, 5) is 27.6. The summed E-state index contributed by atoms with van der Waals surface area (Å²) in [6, 6.07) is 14.3. The number of nitrogens with zero attached hydrogens (tertiary/aromatic N) is 1. The van der Waals surface area contributed by atoms with Gasteiger partial charge in [0, 0.05) is 24.9 Å². The largest absolute Gasteiger partial charge is 0.497 e. The highest BCUT2D eigenvalue weighted by atomic mass is 16.5. The topological polar surface area (TPSA) is 88.1 Å². The third kappa shape index (κ3) is 8.30. The van der Waals surface area contributed by atoms with E-state index in [0.717, 1.165) is 49.6 Å². The molecule has 0 bridgehead atoms. The maximum Gasteiger partial charge on any atom is 0.220 e. The number of rotatable bonds is 15. The fraction of sp³-hybridized carbons (Fsp3) is 0.548. The van der Waals surface area contributed by atoms with E-state index in [1.807, 2.05) is 24.3 Å². The third-order valence-corrected chi connectivity index (χ3v) is 7.78. The smallest absolute Gasteiger partial charge is 0.220 e. The van der Waals surface area contributed by atoms with E-state index < -0.39 is 12.1 Å². The maximum absolute atomic E-state index is 12.8. The number of unbranched alkanes of at least 4 members (excludes halogenated alkanes) is 1. The molecule has 2 aromatic carbocycles. The number of ether oxygens (including phenoxy) is 2. The molecule has 1 saturated heterocycles. The number of likely N-dealkylation sites (tertiary alicyclic amines) is 1. The first-order valence-electron chi connectivity index (χ1n) is 14.1. The van der Waals surface area contributed by atoms with Gasteiger partial charge in [-0.15, -0.1) is 0 Å². The van der Waals surface area contributed by atoms with Crippen LogP contribution in [0.2, 0.25) is 0 Å². The standard InChI is InChI=1S/C31H42N2O5/c1-37-26-15-11-24(12-16-26)29(34)9-2-3-10-30(35)32-28(21-33-19-4-5-20-33)31(36)25-13-17-27(18-14-25)38-22-23-7-6-8-23/h11-18,23,28,31,36H,2-10,19-22H2,1H3,(H,32,35)/t28-,31-/m1/s1. The van der Waals surface area contributed by atoms with Gasteiger partial charge in [0.25, 0.3) is 0 Å². The molecule has 0 spiro atoms. The van der Waals surface area contributed by atoms with Crippen LogP contribution < -0.4 is 14.8 Å². The van der Waals surface area contributed by atoms with Gasteiger partial charge in [-0.2, -0.15) is 0 Å². The van der Waals surface area contributed by atoms with Gasteiger partial charge in [0.2, 0.25) is 5.91 Å². The normalized spacial score (nSPS) is 17.4. The molecule has 206 valence electrons. The number of Topliss-reactive ketones (excluding diaryl/α,β-unsaturated/α-hetero) is 1. The summed E-state index contributed by atoms with van der Waals surface area (Å²) in [6.45, 7) is 3.34. The van der Waals surface area contributed by atoms with Crippen LogP contribution in [0.3, 0.4) is 0 Å². The Bertz CT molecular complexity index is 1010. The molecule has 2 aromatic rings. The van der Waals surface area contributed by atoms with E-state index in [2.05, 4.69) is 10.2 Å². The number of aliphatic hydroxyl groups excluding tert-OH is 1. The van der Waals surface area contributed by atoms with Crippen molar-refractivity contribution in [2.24, 2.45) is 5.92 Å². The van der Waals surface area contributed by atoms with E-state index in [0.29, 0.717) is 43.7 Å². The quantitative estimate of drug-likeness (QED) is 0.255. The van der Waals surface area contributed by atoms with Gasteiger partial charge in [0.1, 0.15) is 17.6 Å². The lowest BCUT2D eigenvalue weighted by Crippen LogP contribution is -2.46. The van der Waals surface area contributed by atoms with Crippen LogP contribution in [0.15, 0.2) is 48.5 Å². The molecule has 4 rings (SSSR count). The number of benzene rings is 2. The van der Waals surface area contributed by atoms with Gasteiger partial charge in [0.15, 0.2) is 5.78 Å². The van der Waals surface area contributed by atoms with Crippen molar-refractivity contribution in [1.82, 2.24) is 10.2 Å².